The van der Waals surface area contributed by atoms with Gasteiger partial charge < -0.3 is 5.11 Å². The van der Waals surface area contributed by atoms with Crippen molar-refractivity contribution in [2.45, 2.75) is 44.9 Å². The van der Waals surface area contributed by atoms with Crippen molar-refractivity contribution in [3.05, 3.63) is 35.1 Å². The van der Waals surface area contributed by atoms with Crippen molar-refractivity contribution in [3.8, 4) is 0 Å². The van der Waals surface area contributed by atoms with E-state index in [-0.39, 0.29) is 11.5 Å². The number of hydrogen-bond donors (Lipinski definition) is 1. The third-order valence-corrected chi connectivity index (χ3v) is 4.45. The molecular weight excluding hydrogens is 272 g/mol. The SMILES string of the molecule is CC1CCC(O)(c2ccc(F)c(C(F)(F)F)c2)CC1C. The minimum absolute atomic E-state index is 0.157. The first-order valence-corrected chi connectivity index (χ1v) is 6.73. The monoisotopic (exact) mass is 290 g/mol. The molecule has 1 nitrogen and oxygen atoms in total. The van der Waals surface area contributed by atoms with E-state index in [0.717, 1.165) is 18.6 Å². The van der Waals surface area contributed by atoms with Crippen molar-refractivity contribution in [2.24, 2.45) is 11.8 Å². The summed E-state index contributed by atoms with van der Waals surface area (Å²) in [5.74, 6) is -0.659. The Hall–Kier alpha value is -1.10. The highest BCUT2D eigenvalue weighted by molar-refractivity contribution is 5.31. The van der Waals surface area contributed by atoms with Crippen LogP contribution in [-0.2, 0) is 11.8 Å². The van der Waals surface area contributed by atoms with Gasteiger partial charge in [0.1, 0.15) is 5.82 Å². The average Bonchev–Trinajstić information content (AvgIpc) is 2.33. The fraction of sp³-hybridized carbons (Fsp3) is 0.600. The van der Waals surface area contributed by atoms with Gasteiger partial charge in [-0.2, -0.15) is 13.2 Å². The predicted octanol–water partition coefficient (Wildman–Crippen LogP) is 4.49. The number of aliphatic hydroxyl groups is 1. The summed E-state index contributed by atoms with van der Waals surface area (Å²) in [7, 11) is 0. The first-order valence-electron chi connectivity index (χ1n) is 6.73. The molecule has 1 N–H and O–H groups in total. The standard InChI is InChI=1S/C15H18F4O/c1-9-5-6-14(20,8-10(9)2)11-3-4-13(16)12(7-11)15(17,18)19/h3-4,7,9-10,20H,5-6,8H2,1-2H3. The summed E-state index contributed by atoms with van der Waals surface area (Å²) < 4.78 is 51.5. The van der Waals surface area contributed by atoms with E-state index in [4.69, 9.17) is 0 Å². The Morgan fingerprint density at radius 3 is 2.40 bits per heavy atom. The van der Waals surface area contributed by atoms with E-state index in [0.29, 0.717) is 18.8 Å². The van der Waals surface area contributed by atoms with Gasteiger partial charge in [-0.05, 0) is 48.8 Å². The zero-order chi connectivity index (χ0) is 15.1. The first kappa shape index (κ1) is 15.3. The van der Waals surface area contributed by atoms with Gasteiger partial charge in [-0.15, -0.1) is 0 Å². The van der Waals surface area contributed by atoms with Crippen LogP contribution in [0.25, 0.3) is 0 Å². The second-order valence-electron chi connectivity index (χ2n) is 5.92. The summed E-state index contributed by atoms with van der Waals surface area (Å²) in [6.45, 7) is 4.04. The molecule has 0 aromatic heterocycles. The Balaban J connectivity index is 2.38. The smallest absolute Gasteiger partial charge is 0.385 e. The Bertz CT molecular complexity index is 497. The lowest BCUT2D eigenvalue weighted by atomic mass is 9.70. The van der Waals surface area contributed by atoms with Crippen LogP contribution >= 0.6 is 0 Å². The quantitative estimate of drug-likeness (QED) is 0.756. The van der Waals surface area contributed by atoms with Crippen molar-refractivity contribution in [1.29, 1.82) is 0 Å². The molecule has 1 aliphatic rings. The normalized spacial score (nSPS) is 31.4. The summed E-state index contributed by atoms with van der Waals surface area (Å²) in [4.78, 5) is 0. The molecule has 1 aromatic carbocycles. The van der Waals surface area contributed by atoms with Gasteiger partial charge in [-0.25, -0.2) is 4.39 Å². The molecule has 3 unspecified atom stereocenters. The second-order valence-corrected chi connectivity index (χ2v) is 5.92. The molecule has 0 spiro atoms. The third kappa shape index (κ3) is 2.82. The minimum atomic E-state index is -4.75. The van der Waals surface area contributed by atoms with Crippen molar-refractivity contribution >= 4 is 0 Å². The molecule has 112 valence electrons. The summed E-state index contributed by atoms with van der Waals surface area (Å²) in [6.07, 6.45) is -3.20. The zero-order valence-corrected chi connectivity index (χ0v) is 11.5. The molecule has 0 heterocycles. The van der Waals surface area contributed by atoms with Gasteiger partial charge in [0, 0.05) is 0 Å². The van der Waals surface area contributed by atoms with Crippen LogP contribution in [0, 0.1) is 17.7 Å². The molecule has 0 saturated heterocycles. The summed E-state index contributed by atoms with van der Waals surface area (Å²) in [5.41, 5.74) is -2.45. The van der Waals surface area contributed by atoms with Crippen LogP contribution < -0.4 is 0 Å². The van der Waals surface area contributed by atoms with E-state index in [1.807, 2.05) is 6.92 Å². The highest BCUT2D eigenvalue weighted by Gasteiger charge is 2.40. The Kier molecular flexibility index (Phi) is 3.84. The number of hydrogen-bond acceptors (Lipinski definition) is 1. The molecule has 20 heavy (non-hydrogen) atoms. The van der Waals surface area contributed by atoms with Gasteiger partial charge in [-0.3, -0.25) is 0 Å². The van der Waals surface area contributed by atoms with Crippen LogP contribution in [0.4, 0.5) is 17.6 Å². The molecule has 0 bridgehead atoms. The minimum Gasteiger partial charge on any atom is -0.385 e. The van der Waals surface area contributed by atoms with Crippen LogP contribution in [0.5, 0.6) is 0 Å². The molecular formula is C15H18F4O. The molecule has 1 aromatic rings. The van der Waals surface area contributed by atoms with Gasteiger partial charge in [0.25, 0.3) is 0 Å². The maximum absolute atomic E-state index is 13.3. The van der Waals surface area contributed by atoms with Crippen LogP contribution in [0.2, 0.25) is 0 Å². The highest BCUT2D eigenvalue weighted by Crippen LogP contribution is 2.44. The van der Waals surface area contributed by atoms with E-state index >= 15 is 0 Å². The maximum Gasteiger partial charge on any atom is 0.419 e. The zero-order valence-electron chi connectivity index (χ0n) is 11.5. The number of benzene rings is 1. The lowest BCUT2D eigenvalue weighted by molar-refractivity contribution is -0.140. The Morgan fingerprint density at radius 2 is 1.85 bits per heavy atom. The van der Waals surface area contributed by atoms with Crippen LogP contribution in [-0.4, -0.2) is 5.11 Å². The van der Waals surface area contributed by atoms with Crippen LogP contribution in [0.3, 0.4) is 0 Å². The van der Waals surface area contributed by atoms with Crippen molar-refractivity contribution < 1.29 is 22.7 Å². The fourth-order valence-electron chi connectivity index (χ4n) is 2.88. The van der Waals surface area contributed by atoms with Gasteiger partial charge in [0.05, 0.1) is 11.2 Å². The van der Waals surface area contributed by atoms with Crippen molar-refractivity contribution in [2.75, 3.05) is 0 Å². The molecule has 0 amide bonds. The average molecular weight is 290 g/mol. The van der Waals surface area contributed by atoms with E-state index in [2.05, 4.69) is 6.92 Å². The van der Waals surface area contributed by atoms with Crippen molar-refractivity contribution in [1.82, 2.24) is 0 Å². The molecule has 0 radical (unpaired) electrons. The third-order valence-electron chi connectivity index (χ3n) is 4.45. The fourth-order valence-corrected chi connectivity index (χ4v) is 2.88. The van der Waals surface area contributed by atoms with E-state index < -0.39 is 23.2 Å². The molecule has 3 atom stereocenters. The topological polar surface area (TPSA) is 20.2 Å². The summed E-state index contributed by atoms with van der Waals surface area (Å²) in [6, 6.07) is 2.80. The van der Waals surface area contributed by atoms with Gasteiger partial charge in [0.2, 0.25) is 0 Å². The van der Waals surface area contributed by atoms with E-state index in [1.54, 1.807) is 0 Å². The lowest BCUT2D eigenvalue weighted by Gasteiger charge is -2.39. The molecule has 1 fully saturated rings. The molecule has 1 aliphatic carbocycles. The summed E-state index contributed by atoms with van der Waals surface area (Å²) in [5, 5.41) is 10.6. The highest BCUT2D eigenvalue weighted by atomic mass is 19.4. The van der Waals surface area contributed by atoms with Crippen LogP contribution in [0.1, 0.15) is 44.2 Å². The van der Waals surface area contributed by atoms with Crippen molar-refractivity contribution in [3.63, 3.8) is 0 Å². The molecule has 2 rings (SSSR count). The van der Waals surface area contributed by atoms with Gasteiger partial charge in [-0.1, -0.05) is 19.9 Å². The van der Waals surface area contributed by atoms with E-state index in [1.165, 1.54) is 6.07 Å². The summed E-state index contributed by atoms with van der Waals surface area (Å²) >= 11 is 0. The predicted molar refractivity (Wildman–Crippen MR) is 67.5 cm³/mol. The molecule has 1 saturated carbocycles. The Labute approximate surface area is 115 Å². The molecule has 0 aliphatic heterocycles. The number of halogens is 4. The van der Waals surface area contributed by atoms with Gasteiger partial charge in [0.15, 0.2) is 0 Å². The van der Waals surface area contributed by atoms with E-state index in [9.17, 15) is 22.7 Å². The second kappa shape index (κ2) is 5.02. The number of rotatable bonds is 1. The largest absolute Gasteiger partial charge is 0.419 e. The lowest BCUT2D eigenvalue weighted by Crippen LogP contribution is -2.35. The maximum atomic E-state index is 13.3. The molecule has 5 heteroatoms. The number of alkyl halides is 3. The van der Waals surface area contributed by atoms with Gasteiger partial charge >= 0.3 is 6.18 Å². The first-order chi connectivity index (χ1) is 9.13. The Morgan fingerprint density at radius 1 is 1.20 bits per heavy atom. The van der Waals surface area contributed by atoms with Crippen LogP contribution in [0.15, 0.2) is 18.2 Å².